The van der Waals surface area contributed by atoms with Gasteiger partial charge >= 0.3 is 6.03 Å². The number of nitrogens with one attached hydrogen (secondary N) is 3. The Morgan fingerprint density at radius 1 is 1.06 bits per heavy atom. The van der Waals surface area contributed by atoms with Crippen molar-refractivity contribution in [3.8, 4) is 5.75 Å². The molecule has 0 bridgehead atoms. The maximum atomic E-state index is 12.5. The number of anilines is 1. The van der Waals surface area contributed by atoms with Gasteiger partial charge in [-0.2, -0.15) is 0 Å². The lowest BCUT2D eigenvalue weighted by Gasteiger charge is -2.31. The van der Waals surface area contributed by atoms with Gasteiger partial charge in [-0.05, 0) is 74.7 Å². The fourth-order valence-corrected chi connectivity index (χ4v) is 3.93. The summed E-state index contributed by atoms with van der Waals surface area (Å²) >= 11 is 0. The summed E-state index contributed by atoms with van der Waals surface area (Å²) in [6.07, 6.45) is 4.21. The Morgan fingerprint density at radius 2 is 1.82 bits per heavy atom. The number of hydrogen-bond acceptors (Lipinski definition) is 5. The molecule has 3 N–H and O–H groups in total. The number of hydrogen-bond donors (Lipinski definition) is 3. The molecular weight excluding hydrogens is 432 g/mol. The minimum absolute atomic E-state index is 0.168. The second-order valence-corrected chi connectivity index (χ2v) is 8.95. The molecule has 2 aromatic rings. The fraction of sp³-hybridized carbons (Fsp3) is 0.462. The Balaban J connectivity index is 1.19. The molecule has 1 heterocycles. The van der Waals surface area contributed by atoms with Crippen LogP contribution < -0.4 is 20.7 Å². The molecule has 3 amide bonds. The first-order valence-corrected chi connectivity index (χ1v) is 12.0. The minimum atomic E-state index is -0.211. The topological polar surface area (TPSA) is 91.9 Å². The van der Waals surface area contributed by atoms with Crippen molar-refractivity contribution in [1.29, 1.82) is 0 Å². The molecule has 2 aliphatic rings. The van der Waals surface area contributed by atoms with E-state index in [1.54, 1.807) is 24.3 Å². The number of rotatable bonds is 10. The van der Waals surface area contributed by atoms with E-state index < -0.39 is 0 Å². The highest BCUT2D eigenvalue weighted by atomic mass is 16.5. The monoisotopic (exact) mass is 466 g/mol. The molecule has 2 fully saturated rings. The summed E-state index contributed by atoms with van der Waals surface area (Å²) in [5.41, 5.74) is 2.16. The number of urea groups is 1. The Morgan fingerprint density at radius 3 is 2.56 bits per heavy atom. The van der Waals surface area contributed by atoms with E-state index in [-0.39, 0.29) is 11.9 Å². The second-order valence-electron chi connectivity index (χ2n) is 8.95. The molecule has 0 atom stereocenters. The summed E-state index contributed by atoms with van der Waals surface area (Å²) in [5, 5.41) is 8.59. The van der Waals surface area contributed by atoms with Crippen LogP contribution in [-0.4, -0.2) is 62.3 Å². The molecule has 0 radical (unpaired) electrons. The van der Waals surface area contributed by atoms with E-state index in [9.17, 15) is 9.59 Å². The van der Waals surface area contributed by atoms with Crippen LogP contribution in [-0.2, 0) is 11.3 Å². The molecule has 34 heavy (non-hydrogen) atoms. The third kappa shape index (κ3) is 7.46. The molecule has 1 aliphatic heterocycles. The average molecular weight is 467 g/mol. The number of ether oxygens (including phenoxy) is 2. The summed E-state index contributed by atoms with van der Waals surface area (Å²) in [4.78, 5) is 26.7. The van der Waals surface area contributed by atoms with Crippen molar-refractivity contribution >= 4 is 17.6 Å². The molecule has 8 heteroatoms. The number of nitrogens with zero attached hydrogens (tertiary/aromatic N) is 1. The molecule has 0 aromatic heterocycles. The predicted octanol–water partition coefficient (Wildman–Crippen LogP) is 3.39. The van der Waals surface area contributed by atoms with E-state index in [1.165, 1.54) is 0 Å². The zero-order chi connectivity index (χ0) is 23.8. The quantitative estimate of drug-likeness (QED) is 0.499. The van der Waals surface area contributed by atoms with Crippen LogP contribution in [0.25, 0.3) is 0 Å². The third-order valence-electron chi connectivity index (χ3n) is 6.20. The predicted molar refractivity (Wildman–Crippen MR) is 131 cm³/mol. The molecule has 1 saturated heterocycles. The van der Waals surface area contributed by atoms with Crippen LogP contribution >= 0.6 is 0 Å². The third-order valence-corrected chi connectivity index (χ3v) is 6.20. The Bertz CT molecular complexity index is 956. The number of amides is 3. The van der Waals surface area contributed by atoms with E-state index in [2.05, 4.69) is 27.9 Å². The van der Waals surface area contributed by atoms with Crippen LogP contribution in [0.2, 0.25) is 0 Å². The highest BCUT2D eigenvalue weighted by molar-refractivity contribution is 5.95. The van der Waals surface area contributed by atoms with Gasteiger partial charge in [0.25, 0.3) is 5.91 Å². The lowest BCUT2D eigenvalue weighted by molar-refractivity contribution is 0.0392. The average Bonchev–Trinajstić information content (AvgIpc) is 3.67. The second kappa shape index (κ2) is 11.9. The highest BCUT2D eigenvalue weighted by Gasteiger charge is 2.23. The van der Waals surface area contributed by atoms with Gasteiger partial charge in [-0.15, -0.1) is 0 Å². The summed E-state index contributed by atoms with van der Waals surface area (Å²) in [6.45, 7) is 3.55. The van der Waals surface area contributed by atoms with Gasteiger partial charge in [-0.25, -0.2) is 4.79 Å². The lowest BCUT2D eigenvalue weighted by Crippen LogP contribution is -2.38. The van der Waals surface area contributed by atoms with Gasteiger partial charge in [0.2, 0.25) is 0 Å². The van der Waals surface area contributed by atoms with Gasteiger partial charge < -0.3 is 25.4 Å². The number of carbonyl (C=O) groups excluding carboxylic acids is 2. The minimum Gasteiger partial charge on any atom is -0.492 e. The molecule has 8 nitrogen and oxygen atoms in total. The van der Waals surface area contributed by atoms with Gasteiger partial charge in [0.15, 0.2) is 0 Å². The zero-order valence-corrected chi connectivity index (χ0v) is 19.7. The van der Waals surface area contributed by atoms with Crippen molar-refractivity contribution in [2.24, 2.45) is 0 Å². The number of likely N-dealkylation sites (N-methyl/N-ethyl adjacent to an activating group) is 1. The first-order chi connectivity index (χ1) is 16.6. The van der Waals surface area contributed by atoms with Crippen LogP contribution in [0.15, 0.2) is 48.5 Å². The van der Waals surface area contributed by atoms with Gasteiger partial charge in [0, 0.05) is 49.6 Å². The van der Waals surface area contributed by atoms with E-state index in [1.807, 2.05) is 24.3 Å². The van der Waals surface area contributed by atoms with Gasteiger partial charge in [-0.1, -0.05) is 12.1 Å². The van der Waals surface area contributed by atoms with Crippen LogP contribution in [0, 0.1) is 0 Å². The van der Waals surface area contributed by atoms with Crippen molar-refractivity contribution in [2.75, 3.05) is 38.7 Å². The van der Waals surface area contributed by atoms with Crippen LogP contribution in [0.5, 0.6) is 5.75 Å². The van der Waals surface area contributed by atoms with E-state index in [0.29, 0.717) is 36.5 Å². The zero-order valence-electron chi connectivity index (χ0n) is 19.7. The van der Waals surface area contributed by atoms with E-state index in [0.717, 1.165) is 56.8 Å². The first kappa shape index (κ1) is 24.0. The molecule has 182 valence electrons. The van der Waals surface area contributed by atoms with E-state index >= 15 is 0 Å². The largest absolute Gasteiger partial charge is 0.492 e. The maximum absolute atomic E-state index is 12.5. The van der Waals surface area contributed by atoms with Crippen molar-refractivity contribution in [3.63, 3.8) is 0 Å². The molecule has 1 aliphatic carbocycles. The molecule has 0 spiro atoms. The molecule has 2 aromatic carbocycles. The summed E-state index contributed by atoms with van der Waals surface area (Å²) < 4.78 is 11.4. The smallest absolute Gasteiger partial charge is 0.319 e. The Labute approximate surface area is 201 Å². The Hall–Kier alpha value is -3.10. The maximum Gasteiger partial charge on any atom is 0.319 e. The van der Waals surface area contributed by atoms with Crippen molar-refractivity contribution in [1.82, 2.24) is 15.5 Å². The first-order valence-electron chi connectivity index (χ1n) is 12.0. The van der Waals surface area contributed by atoms with Gasteiger partial charge in [0.1, 0.15) is 12.4 Å². The standard InChI is InChI=1S/C26H34N4O4/c1-30(23-11-14-33-15-12-23)13-16-34-24-4-2-3-19(17-24)18-27-25(31)20-5-7-21(8-6-20)28-26(32)29-22-9-10-22/h2-8,17,22-23H,9-16,18H2,1H3,(H,27,31)(H2,28,29,32). The fourth-order valence-electron chi connectivity index (χ4n) is 3.93. The molecular formula is C26H34N4O4. The van der Waals surface area contributed by atoms with Crippen molar-refractivity contribution < 1.29 is 19.1 Å². The van der Waals surface area contributed by atoms with Crippen molar-refractivity contribution in [3.05, 3.63) is 59.7 Å². The van der Waals surface area contributed by atoms with Crippen molar-refractivity contribution in [2.45, 2.75) is 44.3 Å². The molecule has 4 rings (SSSR count). The van der Waals surface area contributed by atoms with E-state index in [4.69, 9.17) is 9.47 Å². The van der Waals surface area contributed by atoms with Gasteiger partial charge in [0.05, 0.1) is 0 Å². The lowest BCUT2D eigenvalue weighted by atomic mass is 10.1. The van der Waals surface area contributed by atoms with Crippen LogP contribution in [0.1, 0.15) is 41.6 Å². The highest BCUT2D eigenvalue weighted by Crippen LogP contribution is 2.19. The normalized spacial score (nSPS) is 16.2. The summed E-state index contributed by atoms with van der Waals surface area (Å²) in [7, 11) is 2.14. The molecule has 1 saturated carbocycles. The van der Waals surface area contributed by atoms with Crippen LogP contribution in [0.4, 0.5) is 10.5 Å². The summed E-state index contributed by atoms with van der Waals surface area (Å²) in [5.74, 6) is 0.630. The molecule has 0 unspecified atom stereocenters. The Kier molecular flexibility index (Phi) is 8.38. The number of benzene rings is 2. The SMILES string of the molecule is CN(CCOc1cccc(CNC(=O)c2ccc(NC(=O)NC3CC3)cc2)c1)C1CCOCC1. The van der Waals surface area contributed by atoms with Crippen LogP contribution in [0.3, 0.4) is 0 Å². The summed E-state index contributed by atoms with van der Waals surface area (Å²) in [6, 6.07) is 15.3. The van der Waals surface area contributed by atoms with Gasteiger partial charge in [-0.3, -0.25) is 9.69 Å². The number of carbonyl (C=O) groups is 2.